The van der Waals surface area contributed by atoms with E-state index in [2.05, 4.69) is 46.9 Å². The predicted octanol–water partition coefficient (Wildman–Crippen LogP) is 3.29. The predicted molar refractivity (Wildman–Crippen MR) is 105 cm³/mol. The van der Waals surface area contributed by atoms with Crippen molar-refractivity contribution in [2.75, 3.05) is 18.1 Å². The lowest BCUT2D eigenvalue weighted by atomic mass is 10.1. The average Bonchev–Trinajstić information content (AvgIpc) is 3.04. The van der Waals surface area contributed by atoms with Crippen LogP contribution in [-0.2, 0) is 23.1 Å². The molecule has 5 nitrogen and oxygen atoms in total. The van der Waals surface area contributed by atoms with E-state index in [9.17, 15) is 8.42 Å². The molecule has 0 bridgehead atoms. The van der Waals surface area contributed by atoms with Crippen LogP contribution in [-0.4, -0.2) is 46.5 Å². The smallest absolute Gasteiger partial charge is 0.181 e. The van der Waals surface area contributed by atoms with Gasteiger partial charge in [-0.3, -0.25) is 4.90 Å². The van der Waals surface area contributed by atoms with Crippen LogP contribution in [0.2, 0.25) is 0 Å². The zero-order chi connectivity index (χ0) is 18.2. The molecule has 0 saturated carbocycles. The molecule has 0 amide bonds. The molecule has 1 aromatic carbocycles. The van der Waals surface area contributed by atoms with Crippen molar-refractivity contribution in [2.24, 2.45) is 5.92 Å². The fourth-order valence-corrected chi connectivity index (χ4v) is 5.90. The minimum atomic E-state index is -2.90. The summed E-state index contributed by atoms with van der Waals surface area (Å²) in [6.45, 7) is 8.78. The quantitative estimate of drug-likeness (QED) is 0.721. The second-order valence-electron chi connectivity index (χ2n) is 7.31. The van der Waals surface area contributed by atoms with E-state index in [-0.39, 0.29) is 11.8 Å². The molecule has 0 spiro atoms. The van der Waals surface area contributed by atoms with Crippen LogP contribution in [0.1, 0.15) is 27.2 Å². The lowest BCUT2D eigenvalue weighted by Gasteiger charge is -2.30. The molecule has 0 aliphatic carbocycles. The van der Waals surface area contributed by atoms with Gasteiger partial charge in [-0.15, -0.1) is 0 Å². The number of imidazole rings is 1. The van der Waals surface area contributed by atoms with Gasteiger partial charge in [-0.05, 0) is 43.6 Å². The van der Waals surface area contributed by atoms with Crippen molar-refractivity contribution in [3.63, 3.8) is 0 Å². The van der Waals surface area contributed by atoms with Gasteiger partial charge in [-0.25, -0.2) is 8.42 Å². The number of para-hydroxylation sites is 2. The lowest BCUT2D eigenvalue weighted by Crippen LogP contribution is -2.40. The molecule has 7 heteroatoms. The number of aryl methyl sites for hydroxylation is 1. The maximum absolute atomic E-state index is 12.0. The Morgan fingerprint density at radius 1 is 1.24 bits per heavy atom. The first-order valence-electron chi connectivity index (χ1n) is 8.95. The maximum Gasteiger partial charge on any atom is 0.181 e. The normalized spacial score (nSPS) is 20.1. The minimum absolute atomic E-state index is 0.0815. The molecule has 3 rings (SSSR count). The molecular formula is C18H27N3O2S2. The van der Waals surface area contributed by atoms with E-state index in [1.54, 1.807) is 0 Å². The highest BCUT2D eigenvalue weighted by atomic mass is 32.2. The largest absolute Gasteiger partial charge is 0.317 e. The van der Waals surface area contributed by atoms with E-state index < -0.39 is 9.84 Å². The van der Waals surface area contributed by atoms with Crippen molar-refractivity contribution in [1.29, 1.82) is 0 Å². The van der Waals surface area contributed by atoms with Gasteiger partial charge < -0.3 is 9.13 Å². The van der Waals surface area contributed by atoms with Gasteiger partial charge >= 0.3 is 0 Å². The van der Waals surface area contributed by atoms with Crippen LogP contribution in [0, 0.1) is 10.7 Å². The highest BCUT2D eigenvalue weighted by molar-refractivity contribution is 7.91. The third-order valence-corrected chi connectivity index (χ3v) is 7.08. The number of aromatic nitrogens is 2. The molecular weight excluding hydrogens is 354 g/mol. The van der Waals surface area contributed by atoms with E-state index in [4.69, 9.17) is 12.2 Å². The van der Waals surface area contributed by atoms with Gasteiger partial charge in [0.05, 0.1) is 29.2 Å². The molecule has 138 valence electrons. The summed E-state index contributed by atoms with van der Waals surface area (Å²) in [6, 6.07) is 8.33. The minimum Gasteiger partial charge on any atom is -0.317 e. The summed E-state index contributed by atoms with van der Waals surface area (Å²) in [4.78, 5) is 2.30. The maximum atomic E-state index is 12.0. The molecule has 1 fully saturated rings. The van der Waals surface area contributed by atoms with Gasteiger partial charge in [-0.1, -0.05) is 26.0 Å². The first-order chi connectivity index (χ1) is 11.8. The monoisotopic (exact) mass is 381 g/mol. The fraction of sp³-hybridized carbons (Fsp3) is 0.611. The molecule has 1 aromatic heterocycles. The molecule has 1 aliphatic heterocycles. The first-order valence-corrected chi connectivity index (χ1v) is 11.2. The topological polar surface area (TPSA) is 47.2 Å². The molecule has 25 heavy (non-hydrogen) atoms. The van der Waals surface area contributed by atoms with Crippen molar-refractivity contribution < 1.29 is 8.42 Å². The van der Waals surface area contributed by atoms with E-state index in [1.807, 2.05) is 12.1 Å². The molecule has 2 aromatic rings. The Hall–Kier alpha value is -1.18. The van der Waals surface area contributed by atoms with Gasteiger partial charge in [0, 0.05) is 19.1 Å². The fourth-order valence-electron chi connectivity index (χ4n) is 3.75. The van der Waals surface area contributed by atoms with Crippen LogP contribution in [0.3, 0.4) is 0 Å². The van der Waals surface area contributed by atoms with Crippen LogP contribution in [0.5, 0.6) is 0 Å². The second-order valence-corrected chi connectivity index (χ2v) is 9.90. The Labute approximate surface area is 155 Å². The lowest BCUT2D eigenvalue weighted by molar-refractivity contribution is 0.147. The zero-order valence-corrected chi connectivity index (χ0v) is 16.8. The molecule has 0 N–H and O–H groups in total. The van der Waals surface area contributed by atoms with E-state index in [0.29, 0.717) is 18.3 Å². The summed E-state index contributed by atoms with van der Waals surface area (Å²) in [7, 11) is -2.90. The molecule has 1 unspecified atom stereocenters. The van der Waals surface area contributed by atoms with Crippen LogP contribution >= 0.6 is 12.2 Å². The standard InChI is InChI=1S/C18H27N3O2S2/c1-4-20-16-7-5-6-8-17(16)21(18(20)24)13-19(11-14(2)3)15-9-10-25(22,23)12-15/h5-8,14-15H,4,9-13H2,1-3H3. The van der Waals surface area contributed by atoms with Crippen LogP contribution in [0.15, 0.2) is 24.3 Å². The van der Waals surface area contributed by atoms with Crippen LogP contribution < -0.4 is 0 Å². The molecule has 2 heterocycles. The summed E-state index contributed by atoms with van der Waals surface area (Å²) in [5.41, 5.74) is 2.25. The number of hydrogen-bond acceptors (Lipinski definition) is 4. The van der Waals surface area contributed by atoms with Gasteiger partial charge in [0.1, 0.15) is 0 Å². The van der Waals surface area contributed by atoms with E-state index >= 15 is 0 Å². The second kappa shape index (κ2) is 7.21. The SMILES string of the molecule is CCn1c(=S)n(CN(CC(C)C)C2CCS(=O)(=O)C2)c2ccccc21. The van der Waals surface area contributed by atoms with Crippen molar-refractivity contribution in [2.45, 2.75) is 46.4 Å². The molecule has 1 aliphatic rings. The third-order valence-electron chi connectivity index (χ3n) is 4.89. The summed E-state index contributed by atoms with van der Waals surface area (Å²) >= 11 is 5.72. The summed E-state index contributed by atoms with van der Waals surface area (Å²) in [6.07, 6.45) is 0.717. The van der Waals surface area contributed by atoms with Crippen molar-refractivity contribution in [1.82, 2.24) is 14.0 Å². The summed E-state index contributed by atoms with van der Waals surface area (Å²) in [5, 5.41) is 0. The Morgan fingerprint density at radius 3 is 2.40 bits per heavy atom. The van der Waals surface area contributed by atoms with Crippen molar-refractivity contribution in [3.8, 4) is 0 Å². The number of hydrogen-bond donors (Lipinski definition) is 0. The number of fused-ring (bicyclic) bond motifs is 1. The Bertz CT molecular complexity index is 912. The Morgan fingerprint density at radius 2 is 1.88 bits per heavy atom. The third kappa shape index (κ3) is 3.83. The first kappa shape index (κ1) is 18.6. The van der Waals surface area contributed by atoms with Crippen LogP contribution in [0.25, 0.3) is 11.0 Å². The number of benzene rings is 1. The van der Waals surface area contributed by atoms with Gasteiger partial charge in [0.2, 0.25) is 0 Å². The Kier molecular flexibility index (Phi) is 5.37. The Balaban J connectivity index is 1.99. The zero-order valence-electron chi connectivity index (χ0n) is 15.2. The molecule has 1 atom stereocenters. The van der Waals surface area contributed by atoms with Crippen LogP contribution in [0.4, 0.5) is 0 Å². The molecule has 1 saturated heterocycles. The summed E-state index contributed by atoms with van der Waals surface area (Å²) in [5.74, 6) is 1.03. The number of nitrogens with zero attached hydrogens (tertiary/aromatic N) is 3. The average molecular weight is 382 g/mol. The van der Waals surface area contributed by atoms with Gasteiger partial charge in [0.25, 0.3) is 0 Å². The van der Waals surface area contributed by atoms with E-state index in [1.165, 1.54) is 0 Å². The highest BCUT2D eigenvalue weighted by Crippen LogP contribution is 2.23. The van der Waals surface area contributed by atoms with E-state index in [0.717, 1.165) is 35.3 Å². The summed E-state index contributed by atoms with van der Waals surface area (Å²) < 4.78 is 29.0. The highest BCUT2D eigenvalue weighted by Gasteiger charge is 2.32. The van der Waals surface area contributed by atoms with Gasteiger partial charge in [-0.2, -0.15) is 0 Å². The van der Waals surface area contributed by atoms with Gasteiger partial charge in [0.15, 0.2) is 14.6 Å². The van der Waals surface area contributed by atoms with Crippen molar-refractivity contribution in [3.05, 3.63) is 29.0 Å². The number of rotatable bonds is 6. The van der Waals surface area contributed by atoms with Crippen molar-refractivity contribution >= 4 is 33.1 Å². The number of sulfone groups is 1. The molecule has 0 radical (unpaired) electrons.